The van der Waals surface area contributed by atoms with E-state index in [1.165, 1.54) is 5.57 Å². The third kappa shape index (κ3) is 7.31. The smallest absolute Gasteiger partial charge is 0.358 e. The van der Waals surface area contributed by atoms with Gasteiger partial charge in [-0.1, -0.05) is 37.1 Å². The number of amides is 1. The van der Waals surface area contributed by atoms with Gasteiger partial charge in [-0.15, -0.1) is 11.3 Å². The monoisotopic (exact) mass is 522 g/mol. The maximum absolute atomic E-state index is 13.9. The van der Waals surface area contributed by atoms with Crippen molar-refractivity contribution in [3.05, 3.63) is 68.7 Å². The van der Waals surface area contributed by atoms with Gasteiger partial charge in [0.15, 0.2) is 5.69 Å². The van der Waals surface area contributed by atoms with E-state index < -0.39 is 0 Å². The average Bonchev–Trinajstić information content (AvgIpc) is 3.67. The molecule has 1 aromatic heterocycles. The fraction of sp³-hybridized carbons (Fsp3) is 0.500. The number of esters is 1. The predicted molar refractivity (Wildman–Crippen MR) is 147 cm³/mol. The van der Waals surface area contributed by atoms with Crippen molar-refractivity contribution in [3.63, 3.8) is 0 Å². The molecule has 2 aromatic rings. The molecule has 0 N–H and O–H groups in total. The number of hydrogen-bond acceptors (Lipinski definition) is 6. The molecule has 0 aliphatic heterocycles. The number of allylic oxidation sites excluding steroid dienone is 4. The molecular weight excluding hydrogens is 484 g/mol. The van der Waals surface area contributed by atoms with E-state index >= 15 is 0 Å². The molecule has 6 nitrogen and oxygen atoms in total. The number of nitrogens with zero attached hydrogens (tertiary/aromatic N) is 2. The second-order valence-electron chi connectivity index (χ2n) is 9.72. The summed E-state index contributed by atoms with van der Waals surface area (Å²) < 4.78 is 10.8. The molecule has 4 rings (SSSR count). The van der Waals surface area contributed by atoms with Gasteiger partial charge < -0.3 is 14.4 Å². The van der Waals surface area contributed by atoms with Gasteiger partial charge in [0, 0.05) is 17.0 Å². The molecule has 0 unspecified atom stereocenters. The second-order valence-corrected chi connectivity index (χ2v) is 10.8. The molecule has 0 atom stereocenters. The number of carbonyl (C=O) groups excluding carboxylic acids is 2. The van der Waals surface area contributed by atoms with E-state index in [1.54, 1.807) is 25.4 Å². The number of aromatic nitrogens is 1. The Kier molecular flexibility index (Phi) is 9.56. The maximum Gasteiger partial charge on any atom is 0.358 e. The van der Waals surface area contributed by atoms with E-state index in [-0.39, 0.29) is 11.9 Å². The Labute approximate surface area is 224 Å². The van der Waals surface area contributed by atoms with Crippen molar-refractivity contribution in [1.82, 2.24) is 9.88 Å². The van der Waals surface area contributed by atoms with E-state index in [1.807, 2.05) is 23.1 Å². The zero-order valence-electron chi connectivity index (χ0n) is 22.3. The highest BCUT2D eigenvalue weighted by Crippen LogP contribution is 2.45. The zero-order valence-corrected chi connectivity index (χ0v) is 23.1. The topological polar surface area (TPSA) is 68.7 Å². The Balaban J connectivity index is 1.58. The molecule has 1 aromatic carbocycles. The fourth-order valence-corrected chi connectivity index (χ4v) is 5.91. The van der Waals surface area contributed by atoms with Crippen molar-refractivity contribution in [2.75, 3.05) is 20.3 Å². The highest BCUT2D eigenvalue weighted by molar-refractivity contribution is 7.12. The van der Waals surface area contributed by atoms with Crippen LogP contribution in [-0.4, -0.2) is 42.0 Å². The minimum atomic E-state index is -0.363. The lowest BCUT2D eigenvalue weighted by Gasteiger charge is -2.23. The second kappa shape index (κ2) is 13.0. The Morgan fingerprint density at radius 3 is 2.65 bits per heavy atom. The number of thiazole rings is 1. The van der Waals surface area contributed by atoms with Gasteiger partial charge in [0.2, 0.25) is 0 Å². The summed E-state index contributed by atoms with van der Waals surface area (Å²) in [6.45, 7) is 5.23. The van der Waals surface area contributed by atoms with Crippen LogP contribution in [0, 0.1) is 0 Å². The lowest BCUT2D eigenvalue weighted by molar-refractivity contribution is 0.0518. The number of ether oxygens (including phenoxy) is 2. The van der Waals surface area contributed by atoms with Crippen LogP contribution in [0.5, 0.6) is 5.75 Å². The van der Waals surface area contributed by atoms with Gasteiger partial charge in [-0.25, -0.2) is 9.78 Å². The van der Waals surface area contributed by atoms with Gasteiger partial charge in [0.05, 0.1) is 20.3 Å². The Bertz CT molecular complexity index is 1160. The summed E-state index contributed by atoms with van der Waals surface area (Å²) in [6.07, 6.45) is 14.7. The molecule has 198 valence electrons. The molecule has 1 heterocycles. The van der Waals surface area contributed by atoms with Crippen LogP contribution in [-0.2, 0) is 17.7 Å². The number of methoxy groups -OCH3 is 1. The van der Waals surface area contributed by atoms with Crippen molar-refractivity contribution in [1.29, 1.82) is 0 Å². The Hall–Kier alpha value is -2.93. The normalized spacial score (nSPS) is 14.8. The van der Waals surface area contributed by atoms with Gasteiger partial charge >= 0.3 is 5.97 Å². The Morgan fingerprint density at radius 2 is 1.97 bits per heavy atom. The molecule has 0 bridgehead atoms. The first-order chi connectivity index (χ1) is 18.0. The quantitative estimate of drug-likeness (QED) is 0.269. The van der Waals surface area contributed by atoms with Crippen LogP contribution in [0.1, 0.15) is 101 Å². The van der Waals surface area contributed by atoms with Gasteiger partial charge in [-0.3, -0.25) is 4.79 Å². The average molecular weight is 523 g/mol. The zero-order chi connectivity index (χ0) is 26.2. The molecule has 1 saturated carbocycles. The summed E-state index contributed by atoms with van der Waals surface area (Å²) in [5.41, 5.74) is 3.49. The molecule has 1 amide bonds. The largest absolute Gasteiger partial charge is 0.497 e. The molecule has 0 spiro atoms. The van der Waals surface area contributed by atoms with Crippen LogP contribution in [0.3, 0.4) is 0 Å². The van der Waals surface area contributed by atoms with Gasteiger partial charge in [0.25, 0.3) is 5.91 Å². The van der Waals surface area contributed by atoms with Crippen LogP contribution < -0.4 is 4.74 Å². The maximum atomic E-state index is 13.9. The van der Waals surface area contributed by atoms with Crippen LogP contribution in [0.4, 0.5) is 0 Å². The standard InChI is InChI=1S/C30H38N2O4S/c1-4-10-22-17-24(19-25(18-22)35-3)29(33)32(16-9-13-21-11-7-6-8-12-21)20-26-31-27(30(34)36-5-2)28(37-26)23-14-15-23/h7,11-12,17-19,23H,4-6,8-10,13-16,20H2,1-3H3. The summed E-state index contributed by atoms with van der Waals surface area (Å²) in [6, 6.07) is 5.80. The molecule has 2 aliphatic carbocycles. The number of benzene rings is 1. The highest BCUT2D eigenvalue weighted by atomic mass is 32.1. The molecule has 0 radical (unpaired) electrons. The molecular formula is C30H38N2O4S. The summed E-state index contributed by atoms with van der Waals surface area (Å²) in [7, 11) is 1.63. The molecule has 7 heteroatoms. The van der Waals surface area contributed by atoms with Crippen LogP contribution in [0.25, 0.3) is 0 Å². The minimum absolute atomic E-state index is 0.0368. The van der Waals surface area contributed by atoms with Gasteiger partial charge in [-0.05, 0) is 81.5 Å². The number of aryl methyl sites for hydroxylation is 1. The van der Waals surface area contributed by atoms with Crippen LogP contribution in [0.2, 0.25) is 0 Å². The fourth-order valence-electron chi connectivity index (χ4n) is 4.67. The van der Waals surface area contributed by atoms with Gasteiger partial charge in [0.1, 0.15) is 10.8 Å². The highest BCUT2D eigenvalue weighted by Gasteiger charge is 2.33. The minimum Gasteiger partial charge on any atom is -0.497 e. The van der Waals surface area contributed by atoms with Crippen LogP contribution >= 0.6 is 11.3 Å². The predicted octanol–water partition coefficient (Wildman–Crippen LogP) is 6.86. The first kappa shape index (κ1) is 27.1. The van der Waals surface area contributed by atoms with E-state index in [4.69, 9.17) is 9.47 Å². The summed E-state index contributed by atoms with van der Waals surface area (Å²) >= 11 is 1.55. The van der Waals surface area contributed by atoms with Crippen molar-refractivity contribution >= 4 is 23.2 Å². The van der Waals surface area contributed by atoms with E-state index in [0.29, 0.717) is 42.6 Å². The van der Waals surface area contributed by atoms with Crippen molar-refractivity contribution in [3.8, 4) is 5.75 Å². The lowest BCUT2D eigenvalue weighted by atomic mass is 10.0. The number of hydrogen-bond donors (Lipinski definition) is 0. The van der Waals surface area contributed by atoms with E-state index in [9.17, 15) is 9.59 Å². The van der Waals surface area contributed by atoms with E-state index in [2.05, 4.69) is 30.1 Å². The van der Waals surface area contributed by atoms with Crippen molar-refractivity contribution in [2.24, 2.45) is 0 Å². The molecule has 1 fully saturated rings. The van der Waals surface area contributed by atoms with E-state index in [0.717, 1.165) is 66.8 Å². The lowest BCUT2D eigenvalue weighted by Crippen LogP contribution is -2.31. The molecule has 37 heavy (non-hydrogen) atoms. The number of carbonyl (C=O) groups is 2. The third-order valence-electron chi connectivity index (χ3n) is 6.68. The number of rotatable bonds is 13. The summed E-state index contributed by atoms with van der Waals surface area (Å²) in [4.78, 5) is 34.0. The summed E-state index contributed by atoms with van der Waals surface area (Å²) in [5, 5.41) is 0.784. The Morgan fingerprint density at radius 1 is 1.14 bits per heavy atom. The van der Waals surface area contributed by atoms with Crippen molar-refractivity contribution < 1.29 is 19.1 Å². The van der Waals surface area contributed by atoms with Gasteiger partial charge in [-0.2, -0.15) is 0 Å². The molecule has 0 saturated heterocycles. The van der Waals surface area contributed by atoms with Crippen molar-refractivity contribution in [2.45, 2.75) is 77.7 Å². The molecule has 2 aliphatic rings. The SMILES string of the molecule is CCCc1cc(OC)cc(C(=O)N(CCCC2=CCCC=C2)Cc2nc(C(=O)OCC)c(C3CC3)s2)c1. The third-order valence-corrected chi connectivity index (χ3v) is 7.88. The summed E-state index contributed by atoms with van der Waals surface area (Å²) in [5.74, 6) is 0.680. The first-order valence-corrected chi connectivity index (χ1v) is 14.3. The van der Waals surface area contributed by atoms with Crippen LogP contribution in [0.15, 0.2) is 42.0 Å². The first-order valence-electron chi connectivity index (χ1n) is 13.5.